The highest BCUT2D eigenvalue weighted by Gasteiger charge is 2.09. The minimum atomic E-state index is 0.526. The summed E-state index contributed by atoms with van der Waals surface area (Å²) in [4.78, 5) is 8.43. The molecule has 0 aliphatic rings. The maximum Gasteiger partial charge on any atom is 0.228 e. The molecule has 0 saturated heterocycles. The summed E-state index contributed by atoms with van der Waals surface area (Å²) < 4.78 is 6.46. The van der Waals surface area contributed by atoms with Crippen LogP contribution in [0.2, 0.25) is 0 Å². The lowest BCUT2D eigenvalue weighted by molar-refractivity contribution is 0.619. The van der Waals surface area contributed by atoms with Crippen LogP contribution in [0.1, 0.15) is 0 Å². The number of benzene rings is 1. The minimum absolute atomic E-state index is 0.526. The van der Waals surface area contributed by atoms with Crippen LogP contribution in [-0.2, 0) is 0 Å². The van der Waals surface area contributed by atoms with Crippen LogP contribution in [0.5, 0.6) is 0 Å². The van der Waals surface area contributed by atoms with Crippen LogP contribution in [0.25, 0.3) is 22.7 Å². The summed E-state index contributed by atoms with van der Waals surface area (Å²) in [5.74, 6) is 0.526. The van der Waals surface area contributed by atoms with Crippen molar-refractivity contribution in [2.24, 2.45) is 0 Å². The van der Waals surface area contributed by atoms with Gasteiger partial charge in [-0.2, -0.15) is 4.98 Å². The fourth-order valence-corrected chi connectivity index (χ4v) is 1.82. The fourth-order valence-electron chi connectivity index (χ4n) is 1.57. The van der Waals surface area contributed by atoms with E-state index < -0.39 is 0 Å². The van der Waals surface area contributed by atoms with Gasteiger partial charge >= 0.3 is 0 Å². The number of nitrogens with zero attached hydrogens (tertiary/aromatic N) is 2. The molecule has 2 N–H and O–H groups in total. The van der Waals surface area contributed by atoms with Gasteiger partial charge in [-0.05, 0) is 46.3 Å². The number of hydrogen-bond donors (Lipinski definition) is 1. The fraction of sp³-hybridized carbons (Fsp3) is 0. The third-order valence-electron chi connectivity index (χ3n) is 2.41. The number of rotatable bonds is 1. The lowest BCUT2D eigenvalue weighted by atomic mass is 10.2. The van der Waals surface area contributed by atoms with E-state index in [4.69, 9.17) is 10.2 Å². The Kier molecular flexibility index (Phi) is 2.33. The van der Waals surface area contributed by atoms with Gasteiger partial charge in [0.15, 0.2) is 11.2 Å². The topological polar surface area (TPSA) is 64.9 Å². The van der Waals surface area contributed by atoms with E-state index in [1.807, 2.05) is 30.3 Å². The highest BCUT2D eigenvalue weighted by molar-refractivity contribution is 9.10. The first kappa shape index (κ1) is 10.3. The van der Waals surface area contributed by atoms with Crippen LogP contribution in [0, 0.1) is 0 Å². The average molecular weight is 290 g/mol. The Hall–Kier alpha value is -1.88. The van der Waals surface area contributed by atoms with Gasteiger partial charge in [0, 0.05) is 21.9 Å². The number of halogens is 1. The van der Waals surface area contributed by atoms with E-state index in [0.717, 1.165) is 10.0 Å². The predicted molar refractivity (Wildman–Crippen MR) is 69.4 cm³/mol. The van der Waals surface area contributed by atoms with Crippen molar-refractivity contribution in [2.75, 3.05) is 5.73 Å². The van der Waals surface area contributed by atoms with Crippen molar-refractivity contribution in [1.82, 2.24) is 9.97 Å². The van der Waals surface area contributed by atoms with Gasteiger partial charge in [-0.3, -0.25) is 0 Å². The number of fused-ring (bicyclic) bond motifs is 1. The molecule has 84 valence electrons. The number of pyridine rings is 1. The Morgan fingerprint density at radius 3 is 2.88 bits per heavy atom. The van der Waals surface area contributed by atoms with Gasteiger partial charge in [0.1, 0.15) is 0 Å². The Bertz CT molecular complexity index is 660. The first-order valence-electron chi connectivity index (χ1n) is 5.01. The van der Waals surface area contributed by atoms with Gasteiger partial charge in [-0.25, -0.2) is 4.98 Å². The van der Waals surface area contributed by atoms with Gasteiger partial charge in [0.2, 0.25) is 5.89 Å². The molecule has 0 radical (unpaired) electrons. The molecule has 17 heavy (non-hydrogen) atoms. The molecule has 0 amide bonds. The molecule has 2 aromatic heterocycles. The highest BCUT2D eigenvalue weighted by atomic mass is 79.9. The smallest absolute Gasteiger partial charge is 0.228 e. The lowest BCUT2D eigenvalue weighted by Gasteiger charge is -1.99. The second kappa shape index (κ2) is 3.85. The SMILES string of the molecule is Nc1cc(-c2nc3ncccc3o2)ccc1Br. The maximum absolute atomic E-state index is 5.82. The van der Waals surface area contributed by atoms with Gasteiger partial charge in [-0.15, -0.1) is 0 Å². The zero-order valence-electron chi connectivity index (χ0n) is 8.72. The molecule has 3 aromatic rings. The van der Waals surface area contributed by atoms with Crippen LogP contribution in [0.15, 0.2) is 45.4 Å². The number of nitrogen functional groups attached to an aromatic ring is 1. The third kappa shape index (κ3) is 1.78. The van der Waals surface area contributed by atoms with Gasteiger partial charge in [0.05, 0.1) is 0 Å². The quantitative estimate of drug-likeness (QED) is 0.699. The second-order valence-corrected chi connectivity index (χ2v) is 4.43. The predicted octanol–water partition coefficient (Wildman–Crippen LogP) is 3.23. The van der Waals surface area contributed by atoms with Crippen molar-refractivity contribution in [3.05, 3.63) is 41.0 Å². The summed E-state index contributed by atoms with van der Waals surface area (Å²) in [7, 11) is 0. The average Bonchev–Trinajstić information content (AvgIpc) is 2.76. The molecule has 3 rings (SSSR count). The zero-order chi connectivity index (χ0) is 11.8. The molecule has 2 heterocycles. The number of oxazole rings is 1. The number of aromatic nitrogens is 2. The molecule has 4 nitrogen and oxygen atoms in total. The van der Waals surface area contributed by atoms with E-state index in [0.29, 0.717) is 22.8 Å². The highest BCUT2D eigenvalue weighted by Crippen LogP contribution is 2.28. The van der Waals surface area contributed by atoms with Crippen molar-refractivity contribution in [2.45, 2.75) is 0 Å². The third-order valence-corrected chi connectivity index (χ3v) is 3.13. The molecule has 0 unspecified atom stereocenters. The van der Waals surface area contributed by atoms with Crippen molar-refractivity contribution >= 4 is 32.8 Å². The summed E-state index contributed by atoms with van der Waals surface area (Å²) >= 11 is 3.35. The Morgan fingerprint density at radius 2 is 2.12 bits per heavy atom. The van der Waals surface area contributed by atoms with E-state index >= 15 is 0 Å². The lowest BCUT2D eigenvalue weighted by Crippen LogP contribution is -1.87. The monoisotopic (exact) mass is 289 g/mol. The van der Waals surface area contributed by atoms with Crippen molar-refractivity contribution in [3.63, 3.8) is 0 Å². The maximum atomic E-state index is 5.82. The normalized spacial score (nSPS) is 10.9. The standard InChI is InChI=1S/C12H8BrN3O/c13-8-4-3-7(6-9(8)14)12-16-11-10(17-12)2-1-5-15-11/h1-6H,14H2. The Labute approximate surface area is 106 Å². The van der Waals surface area contributed by atoms with E-state index in [1.165, 1.54) is 0 Å². The number of hydrogen-bond acceptors (Lipinski definition) is 4. The van der Waals surface area contributed by atoms with E-state index in [2.05, 4.69) is 25.9 Å². The van der Waals surface area contributed by atoms with E-state index in [1.54, 1.807) is 6.20 Å². The first-order valence-corrected chi connectivity index (χ1v) is 5.80. The Balaban J connectivity index is 2.17. The molecule has 0 bridgehead atoms. The first-order chi connectivity index (χ1) is 8.24. The summed E-state index contributed by atoms with van der Waals surface area (Å²) in [6.45, 7) is 0. The Morgan fingerprint density at radius 1 is 1.24 bits per heavy atom. The summed E-state index contributed by atoms with van der Waals surface area (Å²) in [5, 5.41) is 0. The van der Waals surface area contributed by atoms with Gasteiger partial charge in [-0.1, -0.05) is 0 Å². The molecular formula is C12H8BrN3O. The van der Waals surface area contributed by atoms with E-state index in [9.17, 15) is 0 Å². The van der Waals surface area contributed by atoms with Gasteiger partial charge < -0.3 is 10.2 Å². The summed E-state index contributed by atoms with van der Waals surface area (Å²) in [5.41, 5.74) is 8.58. The van der Waals surface area contributed by atoms with E-state index in [-0.39, 0.29) is 0 Å². The second-order valence-electron chi connectivity index (χ2n) is 3.58. The molecule has 0 atom stereocenters. The van der Waals surface area contributed by atoms with Crippen LogP contribution in [0.3, 0.4) is 0 Å². The van der Waals surface area contributed by atoms with Crippen LogP contribution < -0.4 is 5.73 Å². The van der Waals surface area contributed by atoms with Gasteiger partial charge in [0.25, 0.3) is 0 Å². The largest absolute Gasteiger partial charge is 0.434 e. The molecule has 5 heteroatoms. The van der Waals surface area contributed by atoms with Crippen LogP contribution in [0.4, 0.5) is 5.69 Å². The van der Waals surface area contributed by atoms with Crippen molar-refractivity contribution in [1.29, 1.82) is 0 Å². The minimum Gasteiger partial charge on any atom is -0.434 e. The van der Waals surface area contributed by atoms with Crippen molar-refractivity contribution in [3.8, 4) is 11.5 Å². The van der Waals surface area contributed by atoms with Crippen molar-refractivity contribution < 1.29 is 4.42 Å². The summed E-state index contributed by atoms with van der Waals surface area (Å²) in [6.07, 6.45) is 1.69. The number of anilines is 1. The molecular weight excluding hydrogens is 282 g/mol. The molecule has 0 spiro atoms. The number of nitrogens with two attached hydrogens (primary N) is 1. The molecule has 0 saturated carbocycles. The van der Waals surface area contributed by atoms with Crippen LogP contribution >= 0.6 is 15.9 Å². The molecule has 0 fully saturated rings. The molecule has 0 aliphatic heterocycles. The summed E-state index contributed by atoms with van der Waals surface area (Å²) in [6, 6.07) is 9.22. The molecule has 1 aromatic carbocycles. The zero-order valence-corrected chi connectivity index (χ0v) is 10.3. The molecule has 0 aliphatic carbocycles. The van der Waals surface area contributed by atoms with Crippen LogP contribution in [-0.4, -0.2) is 9.97 Å².